The summed E-state index contributed by atoms with van der Waals surface area (Å²) in [5.74, 6) is 0.144. The molecule has 0 radical (unpaired) electrons. The van der Waals surface area contributed by atoms with Gasteiger partial charge in [-0.15, -0.1) is 0 Å². The van der Waals surface area contributed by atoms with E-state index in [0.29, 0.717) is 23.7 Å². The van der Waals surface area contributed by atoms with Crippen LogP contribution in [0.1, 0.15) is 26.2 Å². The number of nitrogens with zero attached hydrogens (tertiary/aromatic N) is 2. The van der Waals surface area contributed by atoms with Crippen molar-refractivity contribution in [2.75, 3.05) is 47.0 Å². The normalized spacial score (nSPS) is 14.3. The average Bonchev–Trinajstić information content (AvgIpc) is 2.73. The molecule has 3 rings (SSSR count). The molecular weight excluding hydrogens is 402 g/mol. The molecule has 2 aromatic carbocycles. The summed E-state index contributed by atoms with van der Waals surface area (Å²) < 4.78 is 31.1. The van der Waals surface area contributed by atoms with E-state index < -0.39 is 15.9 Å². The maximum atomic E-state index is 12.6. The van der Waals surface area contributed by atoms with E-state index in [2.05, 4.69) is 10.2 Å². The molecule has 1 aliphatic rings. The van der Waals surface area contributed by atoms with Crippen molar-refractivity contribution in [3.05, 3.63) is 48.5 Å². The molecule has 1 saturated heterocycles. The van der Waals surface area contributed by atoms with Crippen LogP contribution in [0.25, 0.3) is 0 Å². The van der Waals surface area contributed by atoms with Gasteiger partial charge in [0, 0.05) is 30.5 Å². The number of carbonyl (C=O) groups is 1. The van der Waals surface area contributed by atoms with Crippen LogP contribution in [0.5, 0.6) is 5.75 Å². The minimum atomic E-state index is -3.65. The van der Waals surface area contributed by atoms with Gasteiger partial charge in [-0.25, -0.2) is 8.42 Å². The largest absolute Gasteiger partial charge is 0.494 e. The number of anilines is 3. The number of nitrogens with one attached hydrogen (secondary N) is 1. The first kappa shape index (κ1) is 22.0. The third-order valence-corrected chi connectivity index (χ3v) is 6.12. The van der Waals surface area contributed by atoms with Gasteiger partial charge in [-0.1, -0.05) is 6.07 Å². The Kier molecular flexibility index (Phi) is 7.20. The standard InChI is InChI=1S/C22H29N3O4S/c1-3-29-21-9-7-8-20(16-21)25(30(2,27)28)17-22(26)23-18-10-12-19(13-11-18)24-14-5-4-6-15-24/h7-13,16H,3-6,14-15,17H2,1-2H3,(H,23,26). The maximum Gasteiger partial charge on any atom is 0.245 e. The van der Waals surface area contributed by atoms with Gasteiger partial charge in [-0.05, 0) is 62.6 Å². The molecule has 0 atom stereocenters. The Morgan fingerprint density at radius 3 is 2.43 bits per heavy atom. The summed E-state index contributed by atoms with van der Waals surface area (Å²) in [7, 11) is -3.65. The monoisotopic (exact) mass is 431 g/mol. The number of hydrogen-bond donors (Lipinski definition) is 1. The first-order valence-electron chi connectivity index (χ1n) is 10.2. The van der Waals surface area contributed by atoms with Crippen molar-refractivity contribution in [2.24, 2.45) is 0 Å². The van der Waals surface area contributed by atoms with Crippen molar-refractivity contribution >= 4 is 33.0 Å². The number of sulfonamides is 1. The number of amides is 1. The molecule has 162 valence electrons. The van der Waals surface area contributed by atoms with Gasteiger partial charge < -0.3 is 15.0 Å². The fourth-order valence-electron chi connectivity index (χ4n) is 3.53. The number of carbonyl (C=O) groups excluding carboxylic acids is 1. The lowest BCUT2D eigenvalue weighted by atomic mass is 10.1. The van der Waals surface area contributed by atoms with Crippen LogP contribution in [0, 0.1) is 0 Å². The number of piperidine rings is 1. The van der Waals surface area contributed by atoms with Crippen molar-refractivity contribution in [1.82, 2.24) is 0 Å². The minimum Gasteiger partial charge on any atom is -0.494 e. The van der Waals surface area contributed by atoms with Gasteiger partial charge >= 0.3 is 0 Å². The molecule has 0 aromatic heterocycles. The smallest absolute Gasteiger partial charge is 0.245 e. The lowest BCUT2D eigenvalue weighted by molar-refractivity contribution is -0.114. The zero-order chi connectivity index (χ0) is 21.6. The van der Waals surface area contributed by atoms with Gasteiger partial charge in [-0.3, -0.25) is 9.10 Å². The maximum absolute atomic E-state index is 12.6. The number of ether oxygens (including phenoxy) is 1. The van der Waals surface area contributed by atoms with Crippen molar-refractivity contribution in [3.8, 4) is 5.75 Å². The minimum absolute atomic E-state index is 0.317. The van der Waals surface area contributed by atoms with Crippen LogP contribution in [0.15, 0.2) is 48.5 Å². The Labute approximate surface area is 178 Å². The van der Waals surface area contributed by atoms with Crippen LogP contribution in [-0.2, 0) is 14.8 Å². The quantitative estimate of drug-likeness (QED) is 0.692. The number of hydrogen-bond acceptors (Lipinski definition) is 5. The summed E-state index contributed by atoms with van der Waals surface area (Å²) >= 11 is 0. The van der Waals surface area contributed by atoms with Gasteiger partial charge in [0.25, 0.3) is 0 Å². The van der Waals surface area contributed by atoms with Crippen molar-refractivity contribution in [3.63, 3.8) is 0 Å². The highest BCUT2D eigenvalue weighted by atomic mass is 32.2. The molecule has 0 saturated carbocycles. The predicted octanol–water partition coefficient (Wildman–Crippen LogP) is 3.48. The zero-order valence-electron chi connectivity index (χ0n) is 17.5. The molecule has 8 heteroatoms. The highest BCUT2D eigenvalue weighted by Gasteiger charge is 2.21. The molecule has 30 heavy (non-hydrogen) atoms. The Hall–Kier alpha value is -2.74. The number of benzene rings is 2. The van der Waals surface area contributed by atoms with E-state index in [1.54, 1.807) is 24.3 Å². The first-order chi connectivity index (χ1) is 14.4. The van der Waals surface area contributed by atoms with Crippen LogP contribution in [0.4, 0.5) is 17.1 Å². The molecule has 1 aliphatic heterocycles. The molecule has 1 heterocycles. The van der Waals surface area contributed by atoms with Gasteiger partial charge in [0.05, 0.1) is 18.6 Å². The molecule has 0 spiro atoms. The first-order valence-corrected chi connectivity index (χ1v) is 12.1. The fourth-order valence-corrected chi connectivity index (χ4v) is 4.38. The number of rotatable bonds is 8. The topological polar surface area (TPSA) is 79.0 Å². The van der Waals surface area contributed by atoms with Crippen molar-refractivity contribution in [1.29, 1.82) is 0 Å². The molecule has 0 bridgehead atoms. The average molecular weight is 432 g/mol. The van der Waals surface area contributed by atoms with Crippen molar-refractivity contribution in [2.45, 2.75) is 26.2 Å². The van der Waals surface area contributed by atoms with E-state index in [4.69, 9.17) is 4.74 Å². The third kappa shape index (κ3) is 5.89. The molecule has 1 N–H and O–H groups in total. The molecular formula is C22H29N3O4S. The second kappa shape index (κ2) is 9.84. The van der Waals surface area contributed by atoms with E-state index >= 15 is 0 Å². The highest BCUT2D eigenvalue weighted by Crippen LogP contribution is 2.24. The SMILES string of the molecule is CCOc1cccc(N(CC(=O)Nc2ccc(N3CCCCC3)cc2)S(C)(=O)=O)c1. The van der Waals surface area contributed by atoms with Crippen LogP contribution in [0.2, 0.25) is 0 Å². The van der Waals surface area contributed by atoms with Crippen LogP contribution in [-0.4, -0.2) is 46.8 Å². The summed E-state index contributed by atoms with van der Waals surface area (Å²) in [6.07, 6.45) is 4.75. The molecule has 0 aliphatic carbocycles. The van der Waals surface area contributed by atoms with Gasteiger partial charge in [0.2, 0.25) is 15.9 Å². The molecule has 0 unspecified atom stereocenters. The van der Waals surface area contributed by atoms with Crippen LogP contribution < -0.4 is 19.3 Å². The van der Waals surface area contributed by atoms with E-state index in [1.807, 2.05) is 31.2 Å². The Bertz CT molecular complexity index is 955. The van der Waals surface area contributed by atoms with E-state index in [1.165, 1.54) is 19.3 Å². The Morgan fingerprint density at radius 1 is 1.10 bits per heavy atom. The third-order valence-electron chi connectivity index (χ3n) is 4.98. The second-order valence-electron chi connectivity index (χ2n) is 7.34. The van der Waals surface area contributed by atoms with E-state index in [0.717, 1.165) is 29.3 Å². The molecule has 1 amide bonds. The molecule has 2 aromatic rings. The predicted molar refractivity (Wildman–Crippen MR) is 121 cm³/mol. The fraction of sp³-hybridized carbons (Fsp3) is 0.409. The summed E-state index contributed by atoms with van der Waals surface area (Å²) in [4.78, 5) is 14.9. The Balaban J connectivity index is 1.68. The van der Waals surface area contributed by atoms with E-state index in [9.17, 15) is 13.2 Å². The highest BCUT2D eigenvalue weighted by molar-refractivity contribution is 7.92. The van der Waals surface area contributed by atoms with Crippen LogP contribution in [0.3, 0.4) is 0 Å². The summed E-state index contributed by atoms with van der Waals surface area (Å²) in [5, 5.41) is 2.79. The van der Waals surface area contributed by atoms with Crippen LogP contribution >= 0.6 is 0 Å². The van der Waals surface area contributed by atoms with Gasteiger partial charge in [0.15, 0.2) is 0 Å². The molecule has 7 nitrogen and oxygen atoms in total. The summed E-state index contributed by atoms with van der Waals surface area (Å²) in [6, 6.07) is 14.4. The molecule has 1 fully saturated rings. The Morgan fingerprint density at radius 2 is 1.80 bits per heavy atom. The van der Waals surface area contributed by atoms with E-state index in [-0.39, 0.29) is 6.54 Å². The van der Waals surface area contributed by atoms with Gasteiger partial charge in [0.1, 0.15) is 12.3 Å². The summed E-state index contributed by atoms with van der Waals surface area (Å²) in [5.41, 5.74) is 2.16. The van der Waals surface area contributed by atoms with Gasteiger partial charge in [-0.2, -0.15) is 0 Å². The second-order valence-corrected chi connectivity index (χ2v) is 9.25. The lowest BCUT2D eigenvalue weighted by Gasteiger charge is -2.29. The summed E-state index contributed by atoms with van der Waals surface area (Å²) in [6.45, 7) is 4.11. The van der Waals surface area contributed by atoms with Crippen molar-refractivity contribution < 1.29 is 17.9 Å². The lowest BCUT2D eigenvalue weighted by Crippen LogP contribution is -2.37. The zero-order valence-corrected chi connectivity index (χ0v) is 18.3.